The lowest BCUT2D eigenvalue weighted by Gasteiger charge is -2.32. The van der Waals surface area contributed by atoms with Gasteiger partial charge in [0.1, 0.15) is 12.1 Å². The fourth-order valence-electron chi connectivity index (χ4n) is 4.30. The molecule has 0 spiro atoms. The van der Waals surface area contributed by atoms with E-state index in [2.05, 4.69) is 93.1 Å². The maximum Gasteiger partial charge on any atom is 0.150 e. The van der Waals surface area contributed by atoms with Crippen LogP contribution < -0.4 is 4.90 Å². The first-order valence-corrected chi connectivity index (χ1v) is 10.9. The Morgan fingerprint density at radius 3 is 2.55 bits per heavy atom. The minimum atomic E-state index is 0.683. The smallest absolute Gasteiger partial charge is 0.150 e. The van der Waals surface area contributed by atoms with Crippen LogP contribution in [0.3, 0.4) is 0 Å². The van der Waals surface area contributed by atoms with Gasteiger partial charge in [-0.25, -0.2) is 9.97 Å². The summed E-state index contributed by atoms with van der Waals surface area (Å²) in [6.07, 6.45) is 6.41. The van der Waals surface area contributed by atoms with Gasteiger partial charge in [0.05, 0.1) is 5.39 Å². The van der Waals surface area contributed by atoms with E-state index in [0.717, 1.165) is 40.1 Å². The molecule has 146 valence electrons. The van der Waals surface area contributed by atoms with Gasteiger partial charge < -0.3 is 9.47 Å². The van der Waals surface area contributed by atoms with E-state index in [0.29, 0.717) is 5.92 Å². The molecule has 0 amide bonds. The number of piperidine rings is 1. The third-order valence-corrected chi connectivity index (χ3v) is 6.24. The van der Waals surface area contributed by atoms with Gasteiger partial charge in [0, 0.05) is 35.0 Å². The first kappa shape index (κ1) is 18.4. The predicted molar refractivity (Wildman–Crippen MR) is 123 cm³/mol. The first-order valence-electron chi connectivity index (χ1n) is 10.1. The topological polar surface area (TPSA) is 34.0 Å². The van der Waals surface area contributed by atoms with Gasteiger partial charge in [0.25, 0.3) is 0 Å². The standard InChI is InChI=1S/C24H23BrN4/c1-17-6-5-13-28(14-17)23-22-21(18-7-3-2-4-8-18)15-29(24(22)27-16-26-23)20-11-9-19(25)10-12-20/h2-4,7-12,15-17H,5-6,13-14H2,1H3/t17-/m0/s1. The summed E-state index contributed by atoms with van der Waals surface area (Å²) in [5.41, 5.74) is 4.42. The first-order chi connectivity index (χ1) is 14.2. The van der Waals surface area contributed by atoms with Crippen molar-refractivity contribution < 1.29 is 0 Å². The Balaban J connectivity index is 1.76. The summed E-state index contributed by atoms with van der Waals surface area (Å²) >= 11 is 3.54. The second-order valence-corrected chi connectivity index (χ2v) is 8.76. The summed E-state index contributed by atoms with van der Waals surface area (Å²) in [5, 5.41) is 1.13. The maximum absolute atomic E-state index is 4.77. The number of aromatic nitrogens is 3. The van der Waals surface area contributed by atoms with Crippen LogP contribution >= 0.6 is 15.9 Å². The fourth-order valence-corrected chi connectivity index (χ4v) is 4.57. The van der Waals surface area contributed by atoms with Crippen LogP contribution in [-0.2, 0) is 0 Å². The Labute approximate surface area is 179 Å². The Bertz CT molecular complexity index is 1130. The van der Waals surface area contributed by atoms with Crippen LogP contribution in [0.15, 0.2) is 71.6 Å². The largest absolute Gasteiger partial charge is 0.356 e. The lowest BCUT2D eigenvalue weighted by Crippen LogP contribution is -2.35. The molecule has 0 unspecified atom stereocenters. The number of benzene rings is 2. The van der Waals surface area contributed by atoms with Crippen molar-refractivity contribution in [2.45, 2.75) is 19.8 Å². The zero-order valence-corrected chi connectivity index (χ0v) is 18.0. The highest BCUT2D eigenvalue weighted by Crippen LogP contribution is 2.37. The van der Waals surface area contributed by atoms with E-state index in [9.17, 15) is 0 Å². The van der Waals surface area contributed by atoms with Gasteiger partial charge in [-0.1, -0.05) is 53.2 Å². The Morgan fingerprint density at radius 2 is 1.79 bits per heavy atom. The highest BCUT2D eigenvalue weighted by Gasteiger charge is 2.24. The summed E-state index contributed by atoms with van der Waals surface area (Å²) in [5.74, 6) is 1.73. The molecule has 1 atom stereocenters. The van der Waals surface area contributed by atoms with Crippen molar-refractivity contribution in [3.8, 4) is 16.8 Å². The molecule has 5 heteroatoms. The predicted octanol–water partition coefficient (Wildman–Crippen LogP) is 6.09. The summed E-state index contributed by atoms with van der Waals surface area (Å²) in [7, 11) is 0. The molecule has 29 heavy (non-hydrogen) atoms. The summed E-state index contributed by atoms with van der Waals surface area (Å²) in [6.45, 7) is 4.42. The molecule has 3 heterocycles. The van der Waals surface area contributed by atoms with Gasteiger partial charge in [-0.2, -0.15) is 0 Å². The lowest BCUT2D eigenvalue weighted by atomic mass is 9.99. The molecule has 4 aromatic rings. The minimum Gasteiger partial charge on any atom is -0.356 e. The van der Waals surface area contributed by atoms with E-state index in [-0.39, 0.29) is 0 Å². The second kappa shape index (κ2) is 7.64. The number of anilines is 1. The molecule has 1 aliphatic rings. The van der Waals surface area contributed by atoms with Crippen molar-refractivity contribution >= 4 is 32.8 Å². The summed E-state index contributed by atoms with van der Waals surface area (Å²) < 4.78 is 3.25. The summed E-state index contributed by atoms with van der Waals surface area (Å²) in [4.78, 5) is 11.9. The van der Waals surface area contributed by atoms with E-state index in [4.69, 9.17) is 9.97 Å². The zero-order chi connectivity index (χ0) is 19.8. The average Bonchev–Trinajstić information content (AvgIpc) is 3.15. The Kier molecular flexibility index (Phi) is 4.84. The average molecular weight is 447 g/mol. The molecule has 4 nitrogen and oxygen atoms in total. The normalized spacial score (nSPS) is 17.0. The number of nitrogens with zero attached hydrogens (tertiary/aromatic N) is 4. The highest BCUT2D eigenvalue weighted by atomic mass is 79.9. The van der Waals surface area contributed by atoms with Crippen LogP contribution in [0.2, 0.25) is 0 Å². The van der Waals surface area contributed by atoms with Gasteiger partial charge in [-0.15, -0.1) is 0 Å². The van der Waals surface area contributed by atoms with E-state index in [1.165, 1.54) is 24.0 Å². The molecule has 0 bridgehead atoms. The fraction of sp³-hybridized carbons (Fsp3) is 0.250. The maximum atomic E-state index is 4.77. The van der Waals surface area contributed by atoms with Gasteiger partial charge >= 0.3 is 0 Å². The molecule has 1 fully saturated rings. The van der Waals surface area contributed by atoms with Gasteiger partial charge in [0.15, 0.2) is 5.65 Å². The highest BCUT2D eigenvalue weighted by molar-refractivity contribution is 9.10. The Morgan fingerprint density at radius 1 is 1.00 bits per heavy atom. The van der Waals surface area contributed by atoms with Crippen molar-refractivity contribution in [3.05, 3.63) is 71.6 Å². The molecule has 1 aliphatic heterocycles. The van der Waals surface area contributed by atoms with Crippen molar-refractivity contribution in [3.63, 3.8) is 0 Å². The quantitative estimate of drug-likeness (QED) is 0.381. The SMILES string of the molecule is C[C@H]1CCCN(c2ncnc3c2c(-c2ccccc2)cn3-c2ccc(Br)cc2)C1. The van der Waals surface area contributed by atoms with Crippen LogP contribution in [0, 0.1) is 5.92 Å². The Hall–Kier alpha value is -2.66. The number of hydrogen-bond donors (Lipinski definition) is 0. The number of rotatable bonds is 3. The summed E-state index contributed by atoms with van der Waals surface area (Å²) in [6, 6.07) is 18.9. The molecule has 2 aromatic heterocycles. The van der Waals surface area contributed by atoms with Crippen molar-refractivity contribution in [2.75, 3.05) is 18.0 Å². The third kappa shape index (κ3) is 3.44. The van der Waals surface area contributed by atoms with Crippen molar-refractivity contribution in [2.24, 2.45) is 5.92 Å². The lowest BCUT2D eigenvalue weighted by molar-refractivity contribution is 0.445. The zero-order valence-electron chi connectivity index (χ0n) is 16.4. The van der Waals surface area contributed by atoms with Crippen LogP contribution in [0.25, 0.3) is 27.8 Å². The molecular weight excluding hydrogens is 424 g/mol. The van der Waals surface area contributed by atoms with E-state index >= 15 is 0 Å². The van der Waals surface area contributed by atoms with Crippen molar-refractivity contribution in [1.82, 2.24) is 14.5 Å². The number of fused-ring (bicyclic) bond motifs is 1. The minimum absolute atomic E-state index is 0.683. The van der Waals surface area contributed by atoms with E-state index < -0.39 is 0 Å². The van der Waals surface area contributed by atoms with Gasteiger partial charge in [0.2, 0.25) is 0 Å². The monoisotopic (exact) mass is 446 g/mol. The molecule has 0 N–H and O–H groups in total. The molecule has 0 radical (unpaired) electrons. The van der Waals surface area contributed by atoms with Crippen LogP contribution in [0.4, 0.5) is 5.82 Å². The van der Waals surface area contributed by atoms with Gasteiger partial charge in [-0.05, 0) is 48.6 Å². The van der Waals surface area contributed by atoms with Crippen molar-refractivity contribution in [1.29, 1.82) is 0 Å². The van der Waals surface area contributed by atoms with Crippen LogP contribution in [0.5, 0.6) is 0 Å². The molecule has 0 aliphatic carbocycles. The van der Waals surface area contributed by atoms with E-state index in [1.807, 2.05) is 0 Å². The molecule has 0 saturated carbocycles. The van der Waals surface area contributed by atoms with Crippen LogP contribution in [0.1, 0.15) is 19.8 Å². The molecular formula is C24H23BrN4. The number of hydrogen-bond acceptors (Lipinski definition) is 3. The van der Waals surface area contributed by atoms with Gasteiger partial charge in [-0.3, -0.25) is 0 Å². The molecule has 2 aromatic carbocycles. The second-order valence-electron chi connectivity index (χ2n) is 7.84. The third-order valence-electron chi connectivity index (χ3n) is 5.71. The molecule has 5 rings (SSSR count). The molecule has 1 saturated heterocycles. The number of halogens is 1. The van der Waals surface area contributed by atoms with E-state index in [1.54, 1.807) is 6.33 Å². The van der Waals surface area contributed by atoms with Crippen LogP contribution in [-0.4, -0.2) is 27.6 Å².